The average Bonchev–Trinajstić information content (AvgIpc) is 3.15. The fourth-order valence-corrected chi connectivity index (χ4v) is 4.16. The number of carbonyl (C=O) groups excluding carboxylic acids is 1. The molecule has 1 heterocycles. The van der Waals surface area contributed by atoms with Crippen molar-refractivity contribution in [3.63, 3.8) is 0 Å². The van der Waals surface area contributed by atoms with Crippen molar-refractivity contribution in [2.24, 2.45) is 17.8 Å². The van der Waals surface area contributed by atoms with E-state index in [0.717, 1.165) is 17.5 Å². The van der Waals surface area contributed by atoms with Crippen LogP contribution >= 0.6 is 0 Å². The number of aromatic nitrogens is 1. The molecule has 4 heteroatoms. The van der Waals surface area contributed by atoms with E-state index in [0.29, 0.717) is 32.0 Å². The van der Waals surface area contributed by atoms with Gasteiger partial charge in [0.1, 0.15) is 0 Å². The van der Waals surface area contributed by atoms with Crippen molar-refractivity contribution in [3.05, 3.63) is 30.1 Å². The highest BCUT2D eigenvalue weighted by molar-refractivity contribution is 5.76. The molecule has 0 unspecified atom stereocenters. The summed E-state index contributed by atoms with van der Waals surface area (Å²) in [4.78, 5) is 19.0. The lowest BCUT2D eigenvalue weighted by Gasteiger charge is -2.26. The SMILES string of the molecule is COCCN(Cc1ccccn1)C(=O)C[C@@H]1C[C@H]2CC[C@H]1C2. The molecule has 3 atom stereocenters. The molecule has 2 aliphatic carbocycles. The normalized spacial score (nSPS) is 26.3. The molecule has 0 N–H and O–H groups in total. The Balaban J connectivity index is 1.59. The third kappa shape index (κ3) is 3.67. The highest BCUT2D eigenvalue weighted by Crippen LogP contribution is 2.49. The summed E-state index contributed by atoms with van der Waals surface area (Å²) in [5, 5.41) is 0. The van der Waals surface area contributed by atoms with Gasteiger partial charge in [-0.1, -0.05) is 12.5 Å². The molecule has 0 saturated heterocycles. The minimum absolute atomic E-state index is 0.264. The molecule has 4 nitrogen and oxygen atoms in total. The number of hydrogen-bond acceptors (Lipinski definition) is 3. The van der Waals surface area contributed by atoms with Crippen LogP contribution in [-0.4, -0.2) is 36.1 Å². The first-order valence-corrected chi connectivity index (χ1v) is 8.43. The van der Waals surface area contributed by atoms with E-state index in [1.54, 1.807) is 13.3 Å². The molecular weight excluding hydrogens is 276 g/mol. The molecule has 0 radical (unpaired) electrons. The zero-order valence-corrected chi connectivity index (χ0v) is 13.4. The minimum atomic E-state index is 0.264. The monoisotopic (exact) mass is 302 g/mol. The Labute approximate surface area is 132 Å². The second-order valence-electron chi connectivity index (χ2n) is 6.77. The average molecular weight is 302 g/mol. The first-order chi connectivity index (χ1) is 10.8. The van der Waals surface area contributed by atoms with Crippen LogP contribution in [0.4, 0.5) is 0 Å². The largest absolute Gasteiger partial charge is 0.383 e. The highest BCUT2D eigenvalue weighted by Gasteiger charge is 2.40. The molecule has 2 fully saturated rings. The maximum absolute atomic E-state index is 12.7. The van der Waals surface area contributed by atoms with Gasteiger partial charge in [-0.3, -0.25) is 9.78 Å². The van der Waals surface area contributed by atoms with Crippen LogP contribution in [0.2, 0.25) is 0 Å². The summed E-state index contributed by atoms with van der Waals surface area (Å²) < 4.78 is 5.17. The number of pyridine rings is 1. The fraction of sp³-hybridized carbons (Fsp3) is 0.667. The van der Waals surface area contributed by atoms with Gasteiger partial charge < -0.3 is 9.64 Å². The van der Waals surface area contributed by atoms with Crippen LogP contribution in [0, 0.1) is 17.8 Å². The third-order valence-electron chi connectivity index (χ3n) is 5.32. The number of ether oxygens (including phenoxy) is 1. The minimum Gasteiger partial charge on any atom is -0.383 e. The summed E-state index contributed by atoms with van der Waals surface area (Å²) in [6.07, 6.45) is 7.83. The van der Waals surface area contributed by atoms with E-state index < -0.39 is 0 Å². The fourth-order valence-electron chi connectivity index (χ4n) is 4.16. The molecule has 2 saturated carbocycles. The van der Waals surface area contributed by atoms with Gasteiger partial charge in [0.05, 0.1) is 18.8 Å². The molecule has 3 rings (SSSR count). The molecule has 2 bridgehead atoms. The Hall–Kier alpha value is -1.42. The lowest BCUT2D eigenvalue weighted by Crippen LogP contribution is -2.35. The summed E-state index contributed by atoms with van der Waals surface area (Å²) in [5.41, 5.74) is 0.944. The van der Waals surface area contributed by atoms with E-state index >= 15 is 0 Å². The molecule has 22 heavy (non-hydrogen) atoms. The third-order valence-corrected chi connectivity index (χ3v) is 5.32. The quantitative estimate of drug-likeness (QED) is 0.778. The van der Waals surface area contributed by atoms with E-state index in [1.807, 2.05) is 23.1 Å². The number of nitrogens with zero attached hydrogens (tertiary/aromatic N) is 2. The van der Waals surface area contributed by atoms with Crippen LogP contribution in [0.1, 0.15) is 37.8 Å². The number of amides is 1. The number of methoxy groups -OCH3 is 1. The van der Waals surface area contributed by atoms with Crippen molar-refractivity contribution < 1.29 is 9.53 Å². The Kier molecular flexibility index (Phi) is 5.08. The number of hydrogen-bond donors (Lipinski definition) is 0. The van der Waals surface area contributed by atoms with Crippen molar-refractivity contribution in [2.45, 2.75) is 38.6 Å². The van der Waals surface area contributed by atoms with Crippen LogP contribution in [0.25, 0.3) is 0 Å². The summed E-state index contributed by atoms with van der Waals surface area (Å²) in [6, 6.07) is 5.85. The van der Waals surface area contributed by atoms with Crippen molar-refractivity contribution >= 4 is 5.91 Å². The molecule has 1 amide bonds. The second-order valence-corrected chi connectivity index (χ2v) is 6.77. The van der Waals surface area contributed by atoms with Crippen molar-refractivity contribution in [1.82, 2.24) is 9.88 Å². The van der Waals surface area contributed by atoms with Crippen molar-refractivity contribution in [1.29, 1.82) is 0 Å². The zero-order chi connectivity index (χ0) is 15.4. The maximum atomic E-state index is 12.7. The van der Waals surface area contributed by atoms with Gasteiger partial charge in [-0.2, -0.15) is 0 Å². The van der Waals surface area contributed by atoms with Crippen LogP contribution in [-0.2, 0) is 16.1 Å². The first kappa shape index (κ1) is 15.5. The Morgan fingerprint density at radius 3 is 2.91 bits per heavy atom. The number of rotatable bonds is 7. The van der Waals surface area contributed by atoms with Crippen LogP contribution in [0.5, 0.6) is 0 Å². The summed E-state index contributed by atoms with van der Waals surface area (Å²) in [5.74, 6) is 2.57. The van der Waals surface area contributed by atoms with Crippen molar-refractivity contribution in [2.75, 3.05) is 20.3 Å². The van der Waals surface area contributed by atoms with Gasteiger partial charge in [-0.15, -0.1) is 0 Å². The first-order valence-electron chi connectivity index (χ1n) is 8.43. The summed E-state index contributed by atoms with van der Waals surface area (Å²) in [6.45, 7) is 1.81. The molecule has 0 aliphatic heterocycles. The second kappa shape index (κ2) is 7.23. The van der Waals surface area contributed by atoms with Crippen LogP contribution in [0.15, 0.2) is 24.4 Å². The van der Waals surface area contributed by atoms with Gasteiger partial charge >= 0.3 is 0 Å². The predicted octanol–water partition coefficient (Wildman–Crippen LogP) is 2.88. The van der Waals surface area contributed by atoms with Gasteiger partial charge in [0.15, 0.2) is 0 Å². The number of fused-ring (bicyclic) bond motifs is 2. The lowest BCUT2D eigenvalue weighted by molar-refractivity contribution is -0.134. The predicted molar refractivity (Wildman–Crippen MR) is 85.1 cm³/mol. The molecule has 120 valence electrons. The summed E-state index contributed by atoms with van der Waals surface area (Å²) in [7, 11) is 1.68. The van der Waals surface area contributed by atoms with Gasteiger partial charge in [0.25, 0.3) is 0 Å². The maximum Gasteiger partial charge on any atom is 0.223 e. The van der Waals surface area contributed by atoms with E-state index in [9.17, 15) is 4.79 Å². The van der Waals surface area contributed by atoms with E-state index in [2.05, 4.69) is 4.98 Å². The van der Waals surface area contributed by atoms with Gasteiger partial charge in [0, 0.05) is 26.3 Å². The van der Waals surface area contributed by atoms with Crippen LogP contribution in [0.3, 0.4) is 0 Å². The molecule has 1 aromatic rings. The zero-order valence-electron chi connectivity index (χ0n) is 13.4. The van der Waals surface area contributed by atoms with E-state index in [1.165, 1.54) is 25.7 Å². The Bertz CT molecular complexity index is 491. The molecule has 0 aromatic carbocycles. The standard InChI is InChI=1S/C18H26N2O2/c1-22-9-8-20(13-17-4-2-3-7-19-17)18(21)12-16-11-14-5-6-15(16)10-14/h2-4,7,14-16H,5-6,8-13H2,1H3/t14-,15-,16-/m0/s1. The Morgan fingerprint density at radius 1 is 1.36 bits per heavy atom. The Morgan fingerprint density at radius 2 is 2.27 bits per heavy atom. The van der Waals surface area contributed by atoms with Gasteiger partial charge in [-0.05, 0) is 49.1 Å². The van der Waals surface area contributed by atoms with E-state index in [4.69, 9.17) is 4.74 Å². The van der Waals surface area contributed by atoms with E-state index in [-0.39, 0.29) is 5.91 Å². The smallest absolute Gasteiger partial charge is 0.223 e. The molecular formula is C18H26N2O2. The molecule has 2 aliphatic rings. The topological polar surface area (TPSA) is 42.4 Å². The molecule has 1 aromatic heterocycles. The van der Waals surface area contributed by atoms with Gasteiger partial charge in [0.2, 0.25) is 5.91 Å². The number of carbonyl (C=O) groups is 1. The summed E-state index contributed by atoms with van der Waals surface area (Å²) >= 11 is 0. The van der Waals surface area contributed by atoms with Crippen molar-refractivity contribution in [3.8, 4) is 0 Å². The highest BCUT2D eigenvalue weighted by atomic mass is 16.5. The molecule has 0 spiro atoms. The lowest BCUT2D eigenvalue weighted by atomic mass is 9.86. The van der Waals surface area contributed by atoms with Crippen LogP contribution < -0.4 is 0 Å². The van der Waals surface area contributed by atoms with Gasteiger partial charge in [-0.25, -0.2) is 0 Å².